The second-order valence-electron chi connectivity index (χ2n) is 2.91. The molecular weight excluding hydrogens is 138 g/mol. The van der Waals surface area contributed by atoms with E-state index in [1.54, 1.807) is 12.4 Å². The Balaban J connectivity index is 2.44. The Morgan fingerprint density at radius 2 is 2.27 bits per heavy atom. The lowest BCUT2D eigenvalue weighted by Gasteiger charge is -2.20. The van der Waals surface area contributed by atoms with E-state index in [2.05, 4.69) is 22.2 Å². The van der Waals surface area contributed by atoms with Crippen molar-refractivity contribution in [2.24, 2.45) is 0 Å². The molecule has 0 radical (unpaired) electrons. The van der Waals surface area contributed by atoms with Gasteiger partial charge < -0.3 is 5.32 Å². The van der Waals surface area contributed by atoms with Crippen molar-refractivity contribution in [1.29, 1.82) is 0 Å². The summed E-state index contributed by atoms with van der Waals surface area (Å²) >= 11 is 0. The molecule has 0 fully saturated rings. The molecule has 2 heterocycles. The van der Waals surface area contributed by atoms with Crippen molar-refractivity contribution >= 4 is 5.82 Å². The zero-order chi connectivity index (χ0) is 7.68. The van der Waals surface area contributed by atoms with Gasteiger partial charge in [-0.2, -0.15) is 0 Å². The smallest absolute Gasteiger partial charge is 0.148 e. The molecule has 1 aromatic heterocycles. The van der Waals surface area contributed by atoms with E-state index in [-0.39, 0.29) is 0 Å². The standard InChI is InChI=1S/C8H11N3/c1-6-2-3-10-8-7(6)9-4-5-11-8/h4-6H,2-3H2,1H3,(H,10,11). The molecule has 1 aromatic rings. The summed E-state index contributed by atoms with van der Waals surface area (Å²) in [6.45, 7) is 3.21. The normalized spacial score (nSPS) is 22.1. The summed E-state index contributed by atoms with van der Waals surface area (Å²) in [6, 6.07) is 0. The van der Waals surface area contributed by atoms with Gasteiger partial charge in [-0.3, -0.25) is 4.98 Å². The number of nitrogens with zero attached hydrogens (tertiary/aromatic N) is 2. The highest BCUT2D eigenvalue weighted by Crippen LogP contribution is 2.26. The number of hydrogen-bond donors (Lipinski definition) is 1. The summed E-state index contributed by atoms with van der Waals surface area (Å²) in [4.78, 5) is 8.47. The lowest BCUT2D eigenvalue weighted by atomic mass is 10.0. The number of rotatable bonds is 0. The molecule has 0 spiro atoms. The van der Waals surface area contributed by atoms with Gasteiger partial charge in [-0.1, -0.05) is 6.92 Å². The summed E-state index contributed by atoms with van der Waals surface area (Å²) in [5.41, 5.74) is 1.11. The van der Waals surface area contributed by atoms with E-state index < -0.39 is 0 Å². The Morgan fingerprint density at radius 3 is 3.09 bits per heavy atom. The molecule has 1 atom stereocenters. The van der Waals surface area contributed by atoms with Crippen LogP contribution in [0.25, 0.3) is 0 Å². The van der Waals surface area contributed by atoms with Crippen molar-refractivity contribution in [1.82, 2.24) is 9.97 Å². The zero-order valence-electron chi connectivity index (χ0n) is 6.54. The number of fused-ring (bicyclic) bond motifs is 1. The maximum atomic E-state index is 4.28. The highest BCUT2D eigenvalue weighted by Gasteiger charge is 2.16. The second kappa shape index (κ2) is 2.49. The minimum absolute atomic E-state index is 0.556. The van der Waals surface area contributed by atoms with Crippen molar-refractivity contribution in [3.8, 4) is 0 Å². The van der Waals surface area contributed by atoms with E-state index in [4.69, 9.17) is 0 Å². The minimum Gasteiger partial charge on any atom is -0.369 e. The fourth-order valence-electron chi connectivity index (χ4n) is 1.39. The van der Waals surface area contributed by atoms with E-state index in [1.165, 1.54) is 0 Å². The lowest BCUT2D eigenvalue weighted by molar-refractivity contribution is 0.654. The molecule has 1 aliphatic heterocycles. The first-order valence-electron chi connectivity index (χ1n) is 3.92. The molecule has 0 aromatic carbocycles. The van der Waals surface area contributed by atoms with Crippen LogP contribution in [0.3, 0.4) is 0 Å². The first-order valence-corrected chi connectivity index (χ1v) is 3.92. The third kappa shape index (κ3) is 1.06. The molecule has 1 aliphatic rings. The molecule has 0 bridgehead atoms. The Labute approximate surface area is 65.9 Å². The third-order valence-electron chi connectivity index (χ3n) is 2.06. The fraction of sp³-hybridized carbons (Fsp3) is 0.500. The monoisotopic (exact) mass is 149 g/mol. The summed E-state index contributed by atoms with van der Waals surface area (Å²) in [5, 5.41) is 3.22. The van der Waals surface area contributed by atoms with Crippen molar-refractivity contribution in [3.05, 3.63) is 18.1 Å². The molecule has 0 saturated carbocycles. The average molecular weight is 149 g/mol. The Kier molecular flexibility index (Phi) is 1.49. The molecule has 0 amide bonds. The van der Waals surface area contributed by atoms with Crippen LogP contribution < -0.4 is 5.32 Å². The van der Waals surface area contributed by atoms with Crippen LogP contribution in [0.2, 0.25) is 0 Å². The van der Waals surface area contributed by atoms with Gasteiger partial charge in [-0.25, -0.2) is 4.98 Å². The first kappa shape index (κ1) is 6.58. The second-order valence-corrected chi connectivity index (χ2v) is 2.91. The molecule has 0 saturated heterocycles. The number of nitrogens with one attached hydrogen (secondary N) is 1. The van der Waals surface area contributed by atoms with Gasteiger partial charge in [0.1, 0.15) is 5.82 Å². The lowest BCUT2D eigenvalue weighted by Crippen LogP contribution is -2.17. The molecular formula is C8H11N3. The van der Waals surface area contributed by atoms with Crippen LogP contribution in [0.1, 0.15) is 25.0 Å². The van der Waals surface area contributed by atoms with Gasteiger partial charge in [0.15, 0.2) is 0 Å². The van der Waals surface area contributed by atoms with Crippen molar-refractivity contribution in [2.75, 3.05) is 11.9 Å². The van der Waals surface area contributed by atoms with Gasteiger partial charge in [-0.15, -0.1) is 0 Å². The molecule has 1 N–H and O–H groups in total. The van der Waals surface area contributed by atoms with E-state index in [0.29, 0.717) is 5.92 Å². The van der Waals surface area contributed by atoms with Gasteiger partial charge in [-0.05, 0) is 6.42 Å². The van der Waals surface area contributed by atoms with Crippen LogP contribution >= 0.6 is 0 Å². The fourth-order valence-corrected chi connectivity index (χ4v) is 1.39. The van der Waals surface area contributed by atoms with Crippen molar-refractivity contribution in [2.45, 2.75) is 19.3 Å². The zero-order valence-corrected chi connectivity index (χ0v) is 6.54. The van der Waals surface area contributed by atoms with Crippen LogP contribution in [0.5, 0.6) is 0 Å². The molecule has 2 rings (SSSR count). The van der Waals surface area contributed by atoms with Gasteiger partial charge >= 0.3 is 0 Å². The van der Waals surface area contributed by atoms with Gasteiger partial charge in [0, 0.05) is 24.9 Å². The summed E-state index contributed by atoms with van der Waals surface area (Å²) in [5.74, 6) is 1.52. The molecule has 3 nitrogen and oxygen atoms in total. The van der Waals surface area contributed by atoms with E-state index in [1.807, 2.05) is 0 Å². The Morgan fingerprint density at radius 1 is 1.45 bits per heavy atom. The van der Waals surface area contributed by atoms with Crippen LogP contribution in [-0.4, -0.2) is 16.5 Å². The molecule has 3 heteroatoms. The molecule has 0 aliphatic carbocycles. The maximum Gasteiger partial charge on any atom is 0.148 e. The van der Waals surface area contributed by atoms with Crippen LogP contribution in [0, 0.1) is 0 Å². The van der Waals surface area contributed by atoms with Gasteiger partial charge in [0.2, 0.25) is 0 Å². The number of anilines is 1. The number of hydrogen-bond acceptors (Lipinski definition) is 3. The first-order chi connectivity index (χ1) is 5.38. The highest BCUT2D eigenvalue weighted by molar-refractivity contribution is 5.43. The Bertz CT molecular complexity index is 259. The molecule has 1 unspecified atom stereocenters. The van der Waals surface area contributed by atoms with Crippen LogP contribution in [0.4, 0.5) is 5.82 Å². The van der Waals surface area contributed by atoms with E-state index in [9.17, 15) is 0 Å². The summed E-state index contributed by atoms with van der Waals surface area (Å²) in [6.07, 6.45) is 4.64. The van der Waals surface area contributed by atoms with Gasteiger partial charge in [0.25, 0.3) is 0 Å². The van der Waals surface area contributed by atoms with Crippen LogP contribution in [0.15, 0.2) is 12.4 Å². The summed E-state index contributed by atoms with van der Waals surface area (Å²) in [7, 11) is 0. The third-order valence-corrected chi connectivity index (χ3v) is 2.06. The quantitative estimate of drug-likeness (QED) is 0.605. The predicted molar refractivity (Wildman–Crippen MR) is 43.6 cm³/mol. The summed E-state index contributed by atoms with van der Waals surface area (Å²) < 4.78 is 0. The van der Waals surface area contributed by atoms with E-state index in [0.717, 1.165) is 24.5 Å². The van der Waals surface area contributed by atoms with Crippen LogP contribution in [-0.2, 0) is 0 Å². The Hall–Kier alpha value is -1.12. The van der Waals surface area contributed by atoms with Crippen molar-refractivity contribution < 1.29 is 0 Å². The molecule has 11 heavy (non-hydrogen) atoms. The maximum absolute atomic E-state index is 4.28. The SMILES string of the molecule is CC1CCNc2nccnc21. The molecule has 58 valence electrons. The highest BCUT2D eigenvalue weighted by atomic mass is 15.0. The van der Waals surface area contributed by atoms with Crippen molar-refractivity contribution in [3.63, 3.8) is 0 Å². The predicted octanol–water partition coefficient (Wildman–Crippen LogP) is 1.40. The van der Waals surface area contributed by atoms with E-state index >= 15 is 0 Å². The minimum atomic E-state index is 0.556. The average Bonchev–Trinajstić information content (AvgIpc) is 2.06. The number of aromatic nitrogens is 2. The van der Waals surface area contributed by atoms with Gasteiger partial charge in [0.05, 0.1) is 5.69 Å². The largest absolute Gasteiger partial charge is 0.369 e. The topological polar surface area (TPSA) is 37.8 Å².